The molecule has 0 radical (unpaired) electrons. The van der Waals surface area contributed by atoms with Crippen LogP contribution in [-0.4, -0.2) is 34.2 Å². The Bertz CT molecular complexity index is 1380. The Morgan fingerprint density at radius 3 is 2.66 bits per heavy atom. The summed E-state index contributed by atoms with van der Waals surface area (Å²) in [4.78, 5) is 30.0. The van der Waals surface area contributed by atoms with Crippen LogP contribution in [0.25, 0.3) is 10.6 Å². The van der Waals surface area contributed by atoms with Crippen LogP contribution in [0.5, 0.6) is 5.75 Å². The van der Waals surface area contributed by atoms with Crippen LogP contribution >= 0.6 is 11.3 Å². The number of carbonyl (C=O) groups excluding carboxylic acids is 2. The number of hydrogen-bond donors (Lipinski definition) is 1. The summed E-state index contributed by atoms with van der Waals surface area (Å²) < 4.78 is 20.4. The molecule has 0 fully saturated rings. The predicted molar refractivity (Wildman–Crippen MR) is 132 cm³/mol. The fourth-order valence-electron chi connectivity index (χ4n) is 4.29. The minimum absolute atomic E-state index is 0.146. The standard InChI is InChI=1S/C26H23FN4O3S/c1-26(25(33)28-15-17-9-11-18(27)12-10-17)16-30-21(14-19(29-30)23-8-5-13-35-23)24(32)31(26)20-6-3-4-7-22(20)34-2/h3-14H,15-16H2,1-2H3,(H,28,33)/t26-/m1/s1. The van der Waals surface area contributed by atoms with Gasteiger partial charge in [0, 0.05) is 6.54 Å². The minimum Gasteiger partial charge on any atom is -0.495 e. The van der Waals surface area contributed by atoms with E-state index in [9.17, 15) is 14.0 Å². The Labute approximate surface area is 205 Å². The van der Waals surface area contributed by atoms with Crippen molar-refractivity contribution in [3.8, 4) is 16.3 Å². The zero-order chi connectivity index (χ0) is 24.6. The van der Waals surface area contributed by atoms with Crippen LogP contribution in [0.15, 0.2) is 72.1 Å². The quantitative estimate of drug-likeness (QED) is 0.432. The number of methoxy groups -OCH3 is 1. The Kier molecular flexibility index (Phi) is 5.86. The third-order valence-corrected chi connectivity index (χ3v) is 7.00. The number of nitrogens with zero attached hydrogens (tertiary/aromatic N) is 3. The summed E-state index contributed by atoms with van der Waals surface area (Å²) in [5, 5.41) is 9.51. The lowest BCUT2D eigenvalue weighted by molar-refractivity contribution is -0.126. The molecule has 2 amide bonds. The van der Waals surface area contributed by atoms with Crippen LogP contribution in [-0.2, 0) is 17.9 Å². The predicted octanol–water partition coefficient (Wildman–Crippen LogP) is 4.49. The third kappa shape index (κ3) is 4.08. The number of fused-ring (bicyclic) bond motifs is 1. The lowest BCUT2D eigenvalue weighted by Gasteiger charge is -2.43. The van der Waals surface area contributed by atoms with E-state index >= 15 is 0 Å². The third-order valence-electron chi connectivity index (χ3n) is 6.11. The van der Waals surface area contributed by atoms with Crippen molar-refractivity contribution in [3.05, 3.63) is 89.2 Å². The highest BCUT2D eigenvalue weighted by Gasteiger charge is 2.49. The molecule has 1 aliphatic rings. The first-order chi connectivity index (χ1) is 16.9. The zero-order valence-corrected chi connectivity index (χ0v) is 20.0. The molecule has 0 unspecified atom stereocenters. The van der Waals surface area contributed by atoms with Crippen LogP contribution in [0.3, 0.4) is 0 Å². The van der Waals surface area contributed by atoms with Gasteiger partial charge in [-0.1, -0.05) is 30.3 Å². The summed E-state index contributed by atoms with van der Waals surface area (Å²) in [6.07, 6.45) is 0. The van der Waals surface area contributed by atoms with Crippen LogP contribution in [0, 0.1) is 5.82 Å². The molecule has 9 heteroatoms. The average Bonchev–Trinajstić information content (AvgIpc) is 3.54. The molecule has 178 valence electrons. The van der Waals surface area contributed by atoms with Gasteiger partial charge in [0.1, 0.15) is 28.5 Å². The van der Waals surface area contributed by atoms with Gasteiger partial charge in [-0.3, -0.25) is 19.2 Å². The van der Waals surface area contributed by atoms with Gasteiger partial charge in [-0.05, 0) is 54.3 Å². The van der Waals surface area contributed by atoms with Gasteiger partial charge >= 0.3 is 0 Å². The number of carbonyl (C=O) groups is 2. The number of aromatic nitrogens is 2. The number of amides is 2. The van der Waals surface area contributed by atoms with E-state index in [2.05, 4.69) is 10.4 Å². The van der Waals surface area contributed by atoms with E-state index in [0.717, 1.165) is 10.4 Å². The lowest BCUT2D eigenvalue weighted by Crippen LogP contribution is -2.64. The molecule has 4 aromatic rings. The molecule has 0 spiro atoms. The number of anilines is 1. The molecule has 1 atom stereocenters. The molecule has 0 saturated carbocycles. The SMILES string of the molecule is COc1ccccc1N1C(=O)c2cc(-c3cccs3)nn2C[C@]1(C)C(=O)NCc1ccc(F)cc1. The highest BCUT2D eigenvalue weighted by Crippen LogP contribution is 2.39. The van der Waals surface area contributed by atoms with Crippen LogP contribution in [0.2, 0.25) is 0 Å². The van der Waals surface area contributed by atoms with E-state index in [1.54, 1.807) is 48.0 Å². The Morgan fingerprint density at radius 2 is 1.94 bits per heavy atom. The van der Waals surface area contributed by atoms with Gasteiger partial charge in [0.25, 0.3) is 5.91 Å². The van der Waals surface area contributed by atoms with Crippen molar-refractivity contribution in [2.24, 2.45) is 0 Å². The molecule has 0 bridgehead atoms. The minimum atomic E-state index is -1.31. The van der Waals surface area contributed by atoms with Crippen molar-refractivity contribution in [1.82, 2.24) is 15.1 Å². The molecule has 1 aliphatic heterocycles. The van der Waals surface area contributed by atoms with E-state index in [1.807, 2.05) is 23.6 Å². The van der Waals surface area contributed by atoms with Gasteiger partial charge in [0.05, 0.1) is 24.2 Å². The molecule has 2 aromatic carbocycles. The number of hydrogen-bond acceptors (Lipinski definition) is 5. The van der Waals surface area contributed by atoms with Crippen molar-refractivity contribution in [2.45, 2.75) is 25.6 Å². The largest absolute Gasteiger partial charge is 0.495 e. The molecule has 7 nitrogen and oxygen atoms in total. The summed E-state index contributed by atoms with van der Waals surface area (Å²) in [7, 11) is 1.53. The summed E-state index contributed by atoms with van der Waals surface area (Å²) in [6.45, 7) is 2.05. The normalized spacial score (nSPS) is 17.2. The van der Waals surface area contributed by atoms with Crippen molar-refractivity contribution in [3.63, 3.8) is 0 Å². The summed E-state index contributed by atoms with van der Waals surface area (Å²) >= 11 is 1.53. The maximum atomic E-state index is 13.9. The maximum Gasteiger partial charge on any atom is 0.277 e. The number of nitrogens with one attached hydrogen (secondary N) is 1. The van der Waals surface area contributed by atoms with Gasteiger partial charge in [-0.25, -0.2) is 4.39 Å². The van der Waals surface area contributed by atoms with Crippen LogP contribution in [0.1, 0.15) is 23.0 Å². The van der Waals surface area contributed by atoms with Crippen molar-refractivity contribution in [1.29, 1.82) is 0 Å². The van der Waals surface area contributed by atoms with Crippen molar-refractivity contribution in [2.75, 3.05) is 12.0 Å². The van der Waals surface area contributed by atoms with Crippen molar-refractivity contribution < 1.29 is 18.7 Å². The summed E-state index contributed by atoms with van der Waals surface area (Å²) in [5.41, 5.74) is 0.998. The number of thiophene rings is 1. The van der Waals surface area contributed by atoms with Crippen LogP contribution in [0.4, 0.5) is 10.1 Å². The smallest absolute Gasteiger partial charge is 0.277 e. The van der Waals surface area contributed by atoms with E-state index in [4.69, 9.17) is 4.74 Å². The Balaban J connectivity index is 1.55. The maximum absolute atomic E-state index is 13.9. The first-order valence-electron chi connectivity index (χ1n) is 11.0. The zero-order valence-electron chi connectivity index (χ0n) is 19.2. The van der Waals surface area contributed by atoms with Gasteiger partial charge in [-0.2, -0.15) is 5.10 Å². The fraction of sp³-hybridized carbons (Fsp3) is 0.192. The van der Waals surface area contributed by atoms with Crippen LogP contribution < -0.4 is 15.0 Å². The Hall–Kier alpha value is -3.98. The second kappa shape index (κ2) is 8.99. The monoisotopic (exact) mass is 490 g/mol. The summed E-state index contributed by atoms with van der Waals surface area (Å²) in [6, 6.07) is 18.6. The molecule has 0 aliphatic carbocycles. The second-order valence-corrected chi connectivity index (χ2v) is 9.39. The van der Waals surface area contributed by atoms with Gasteiger partial charge in [-0.15, -0.1) is 11.3 Å². The first-order valence-corrected chi connectivity index (χ1v) is 11.9. The molecule has 2 aromatic heterocycles. The highest BCUT2D eigenvalue weighted by molar-refractivity contribution is 7.13. The number of para-hydroxylation sites is 2. The Morgan fingerprint density at radius 1 is 1.17 bits per heavy atom. The van der Waals surface area contributed by atoms with Gasteiger partial charge in [0.2, 0.25) is 5.91 Å². The lowest BCUT2D eigenvalue weighted by atomic mass is 9.93. The van der Waals surface area contributed by atoms with E-state index in [-0.39, 0.29) is 30.7 Å². The molecule has 3 heterocycles. The second-order valence-electron chi connectivity index (χ2n) is 8.45. The number of rotatable bonds is 6. The summed E-state index contributed by atoms with van der Waals surface area (Å²) in [5.74, 6) is -0.583. The molecule has 1 N–H and O–H groups in total. The van der Waals surface area contributed by atoms with Crippen molar-refractivity contribution >= 4 is 28.8 Å². The van der Waals surface area contributed by atoms with E-state index in [1.165, 1.54) is 35.5 Å². The molecule has 5 rings (SSSR count). The molecular weight excluding hydrogens is 467 g/mol. The first kappa shape index (κ1) is 22.8. The molecular formula is C26H23FN4O3S. The van der Waals surface area contributed by atoms with Gasteiger partial charge in [0.15, 0.2) is 0 Å². The number of ether oxygens (including phenoxy) is 1. The number of benzene rings is 2. The molecule has 0 saturated heterocycles. The highest BCUT2D eigenvalue weighted by atomic mass is 32.1. The fourth-order valence-corrected chi connectivity index (χ4v) is 4.97. The number of halogens is 1. The molecule has 35 heavy (non-hydrogen) atoms. The van der Waals surface area contributed by atoms with E-state index < -0.39 is 5.54 Å². The average molecular weight is 491 g/mol. The topological polar surface area (TPSA) is 76.5 Å². The van der Waals surface area contributed by atoms with E-state index in [0.29, 0.717) is 22.8 Å². The van der Waals surface area contributed by atoms with Gasteiger partial charge < -0.3 is 10.1 Å².